The van der Waals surface area contributed by atoms with Crippen molar-refractivity contribution in [3.8, 4) is 0 Å². The number of likely N-dealkylation sites (N-methyl/N-ethyl adjacent to an activating group) is 1. The van der Waals surface area contributed by atoms with Crippen molar-refractivity contribution in [1.82, 2.24) is 5.32 Å². The van der Waals surface area contributed by atoms with E-state index in [4.69, 9.17) is 9.05 Å². The van der Waals surface area contributed by atoms with Crippen LogP contribution in [0.2, 0.25) is 0 Å². The highest BCUT2D eigenvalue weighted by molar-refractivity contribution is 7.99. The van der Waals surface area contributed by atoms with Crippen molar-refractivity contribution in [2.24, 2.45) is 0 Å². The van der Waals surface area contributed by atoms with E-state index < -0.39 is 7.82 Å². The molecule has 0 fully saturated rings. The minimum absolute atomic E-state index is 0.00693. The van der Waals surface area contributed by atoms with Gasteiger partial charge in [-0.1, -0.05) is 174 Å². The Morgan fingerprint density at radius 3 is 1.43 bits per heavy atom. The zero-order valence-electron chi connectivity index (χ0n) is 33.3. The van der Waals surface area contributed by atoms with Crippen molar-refractivity contribution in [2.45, 2.75) is 200 Å². The van der Waals surface area contributed by atoms with Gasteiger partial charge in [0.25, 0.3) is 0 Å². The summed E-state index contributed by atoms with van der Waals surface area (Å²) in [5.74, 6) is 1.70. The first-order valence-corrected chi connectivity index (χ1v) is 23.5. The lowest BCUT2D eigenvalue weighted by atomic mass is 10.0. The maximum Gasteiger partial charge on any atom is 0.472 e. The number of phosphoric ester groups is 1. The molecule has 2 N–H and O–H groups in total. The van der Waals surface area contributed by atoms with E-state index in [1.54, 1.807) is 11.8 Å². The third kappa shape index (κ3) is 38.9. The maximum absolute atomic E-state index is 12.8. The Hall–Kier alpha value is -0.110. The predicted molar refractivity (Wildman–Crippen MR) is 215 cm³/mol. The maximum atomic E-state index is 12.8. The Bertz CT molecular complexity index is 767. The number of phosphoric acid groups is 1. The largest absolute Gasteiger partial charge is 0.472 e. The average Bonchev–Trinajstić information content (AvgIpc) is 3.04. The molecular formula is C40H84N2O5PS+. The highest BCUT2D eigenvalue weighted by Gasteiger charge is 2.25. The molecule has 0 aromatic heterocycles. The Morgan fingerprint density at radius 1 is 0.633 bits per heavy atom. The molecule has 0 rings (SSSR count). The van der Waals surface area contributed by atoms with E-state index in [1.165, 1.54) is 154 Å². The number of unbranched alkanes of at least 4 members (excludes halogenated alkanes) is 25. The topological polar surface area (TPSA) is 84.9 Å². The SMILES string of the molecule is CCCCCCCCCCCCCCCCSC[C@H](COP(=O)(O)OCC[N+](C)(C)C)NC(=O)CCCCCCCCCCCCCCC. The van der Waals surface area contributed by atoms with Crippen molar-refractivity contribution in [2.75, 3.05) is 52.4 Å². The van der Waals surface area contributed by atoms with E-state index in [2.05, 4.69) is 19.2 Å². The molecule has 7 nitrogen and oxygen atoms in total. The van der Waals surface area contributed by atoms with E-state index in [0.717, 1.165) is 25.0 Å². The molecule has 0 aromatic carbocycles. The summed E-state index contributed by atoms with van der Waals surface area (Å²) in [7, 11) is 1.84. The molecule has 0 spiro atoms. The van der Waals surface area contributed by atoms with Crippen LogP contribution in [0.25, 0.3) is 0 Å². The molecule has 0 saturated heterocycles. The summed E-state index contributed by atoms with van der Waals surface area (Å²) in [5, 5.41) is 3.09. The second-order valence-electron chi connectivity index (χ2n) is 15.5. The fourth-order valence-electron chi connectivity index (χ4n) is 6.01. The second-order valence-corrected chi connectivity index (χ2v) is 18.1. The van der Waals surface area contributed by atoms with Gasteiger partial charge < -0.3 is 14.7 Å². The molecule has 0 saturated carbocycles. The lowest BCUT2D eigenvalue weighted by Crippen LogP contribution is -2.40. The van der Waals surface area contributed by atoms with E-state index >= 15 is 0 Å². The van der Waals surface area contributed by atoms with Gasteiger partial charge in [-0.3, -0.25) is 13.8 Å². The summed E-state index contributed by atoms with van der Waals surface area (Å²) in [5.41, 5.74) is 0. The highest BCUT2D eigenvalue weighted by Crippen LogP contribution is 2.43. The number of carbonyl (C=O) groups is 1. The van der Waals surface area contributed by atoms with Gasteiger partial charge in [0.2, 0.25) is 5.91 Å². The van der Waals surface area contributed by atoms with Crippen LogP contribution in [0.3, 0.4) is 0 Å². The quantitative estimate of drug-likeness (QED) is 0.0371. The van der Waals surface area contributed by atoms with Gasteiger partial charge >= 0.3 is 7.82 Å². The number of hydrogen-bond acceptors (Lipinski definition) is 5. The van der Waals surface area contributed by atoms with E-state index in [1.807, 2.05) is 21.1 Å². The molecule has 294 valence electrons. The fraction of sp³-hybridized carbons (Fsp3) is 0.975. The molecule has 49 heavy (non-hydrogen) atoms. The lowest BCUT2D eigenvalue weighted by Gasteiger charge is -2.24. The van der Waals surface area contributed by atoms with Crippen LogP contribution in [-0.4, -0.2) is 73.7 Å². The molecule has 0 aliphatic heterocycles. The number of quaternary nitrogens is 1. The number of hydrogen-bond donors (Lipinski definition) is 2. The molecule has 0 aliphatic rings. The predicted octanol–water partition coefficient (Wildman–Crippen LogP) is 12.0. The van der Waals surface area contributed by atoms with Crippen molar-refractivity contribution >= 4 is 25.5 Å². The molecule has 0 radical (unpaired) electrons. The summed E-state index contributed by atoms with van der Waals surface area (Å²) in [6.45, 7) is 5.27. The highest BCUT2D eigenvalue weighted by atomic mass is 32.2. The Kier molecular flexibility index (Phi) is 34.9. The summed E-state index contributed by atoms with van der Waals surface area (Å²) >= 11 is 1.80. The number of nitrogens with zero attached hydrogens (tertiary/aromatic N) is 1. The van der Waals surface area contributed by atoms with Crippen LogP contribution in [0.1, 0.15) is 194 Å². The number of thioether (sulfide) groups is 1. The molecule has 2 atom stereocenters. The molecular weight excluding hydrogens is 651 g/mol. The number of rotatable bonds is 39. The van der Waals surface area contributed by atoms with Crippen LogP contribution in [-0.2, 0) is 18.4 Å². The van der Waals surface area contributed by atoms with Crippen LogP contribution in [0.5, 0.6) is 0 Å². The van der Waals surface area contributed by atoms with Crippen LogP contribution < -0.4 is 5.32 Å². The van der Waals surface area contributed by atoms with Crippen molar-refractivity contribution in [3.63, 3.8) is 0 Å². The van der Waals surface area contributed by atoms with Gasteiger partial charge in [0.05, 0.1) is 33.8 Å². The Balaban J connectivity index is 4.22. The Morgan fingerprint density at radius 2 is 1.02 bits per heavy atom. The molecule has 1 amide bonds. The normalized spacial score (nSPS) is 13.8. The van der Waals surface area contributed by atoms with E-state index in [-0.39, 0.29) is 25.2 Å². The first-order chi connectivity index (χ1) is 23.6. The zero-order chi connectivity index (χ0) is 36.3. The van der Waals surface area contributed by atoms with Gasteiger partial charge in [-0.05, 0) is 18.6 Å². The standard InChI is InChI=1S/C40H83N2O5PS/c1-6-8-10-12-14-16-18-20-22-24-26-28-30-32-36-49-38-39(37-47-48(44,45)46-35-34-42(3,4)5)41-40(43)33-31-29-27-25-23-21-19-17-15-13-11-9-7-2/h39H,6-38H2,1-5H3,(H-,41,43,44,45)/p+1/t39-/m0/s1. The molecule has 1 unspecified atom stereocenters. The van der Waals surface area contributed by atoms with E-state index in [0.29, 0.717) is 23.2 Å². The van der Waals surface area contributed by atoms with Gasteiger partial charge in [-0.25, -0.2) is 4.57 Å². The number of carbonyl (C=O) groups excluding carboxylic acids is 1. The van der Waals surface area contributed by atoms with Gasteiger partial charge in [-0.2, -0.15) is 11.8 Å². The first-order valence-electron chi connectivity index (χ1n) is 20.9. The third-order valence-electron chi connectivity index (χ3n) is 9.29. The molecule has 9 heteroatoms. The zero-order valence-corrected chi connectivity index (χ0v) is 35.0. The fourth-order valence-corrected chi connectivity index (χ4v) is 7.80. The number of nitrogens with one attached hydrogen (secondary N) is 1. The Labute approximate surface area is 309 Å². The summed E-state index contributed by atoms with van der Waals surface area (Å²) in [6, 6.07) is -0.311. The first kappa shape index (κ1) is 48.9. The van der Waals surface area contributed by atoms with Crippen LogP contribution >= 0.6 is 19.6 Å². The molecule has 0 bridgehead atoms. The minimum Gasteiger partial charge on any atom is -0.350 e. The van der Waals surface area contributed by atoms with E-state index in [9.17, 15) is 14.3 Å². The van der Waals surface area contributed by atoms with Gasteiger partial charge in [0, 0.05) is 12.2 Å². The summed E-state index contributed by atoms with van der Waals surface area (Å²) in [4.78, 5) is 23.0. The van der Waals surface area contributed by atoms with Gasteiger partial charge in [-0.15, -0.1) is 0 Å². The molecule has 0 heterocycles. The van der Waals surface area contributed by atoms with Gasteiger partial charge in [0.1, 0.15) is 13.2 Å². The summed E-state index contributed by atoms with van der Waals surface area (Å²) < 4.78 is 23.7. The van der Waals surface area contributed by atoms with Crippen LogP contribution in [0, 0.1) is 0 Å². The smallest absolute Gasteiger partial charge is 0.350 e. The third-order valence-corrected chi connectivity index (χ3v) is 11.5. The number of amides is 1. The van der Waals surface area contributed by atoms with Crippen LogP contribution in [0.4, 0.5) is 0 Å². The van der Waals surface area contributed by atoms with Crippen molar-refractivity contribution in [1.29, 1.82) is 0 Å². The molecule has 0 aliphatic carbocycles. The van der Waals surface area contributed by atoms with Crippen LogP contribution in [0.15, 0.2) is 0 Å². The van der Waals surface area contributed by atoms with Crippen molar-refractivity contribution < 1.29 is 27.8 Å². The second kappa shape index (κ2) is 34.9. The lowest BCUT2D eigenvalue weighted by molar-refractivity contribution is -0.870. The monoisotopic (exact) mass is 736 g/mol. The molecule has 0 aromatic rings. The summed E-state index contributed by atoms with van der Waals surface area (Å²) in [6.07, 6.45) is 36.0. The minimum atomic E-state index is -4.17. The average molecular weight is 736 g/mol. The van der Waals surface area contributed by atoms with Gasteiger partial charge in [0.15, 0.2) is 0 Å². The van der Waals surface area contributed by atoms with Crippen molar-refractivity contribution in [3.05, 3.63) is 0 Å².